The Morgan fingerprint density at radius 2 is 2.08 bits per heavy atom. The first-order chi connectivity index (χ1) is 12.5. The number of carbonyl (C=O) groups is 1. The van der Waals surface area contributed by atoms with Crippen LogP contribution in [0, 0.1) is 23.2 Å². The van der Waals surface area contributed by atoms with Crippen LogP contribution in [0.1, 0.15) is 59.8 Å². The monoisotopic (exact) mass is 361 g/mol. The highest BCUT2D eigenvalue weighted by molar-refractivity contribution is 5.67. The lowest BCUT2D eigenvalue weighted by atomic mass is 9.56. The van der Waals surface area contributed by atoms with Gasteiger partial charge >= 0.3 is 6.09 Å². The number of hydrogen-bond acceptors (Lipinski definition) is 3. The zero-order chi connectivity index (χ0) is 18.7. The third kappa shape index (κ3) is 3.71. The van der Waals surface area contributed by atoms with Crippen LogP contribution >= 0.6 is 0 Å². The minimum Gasteiger partial charge on any atom is -0.449 e. The molecule has 0 spiro atoms. The Labute approximate surface area is 158 Å². The van der Waals surface area contributed by atoms with Gasteiger partial charge in [-0.1, -0.05) is 56.9 Å². The molecular formula is C22H35NO3. The second-order valence-electron chi connectivity index (χ2n) is 8.60. The molecule has 2 bridgehead atoms. The van der Waals surface area contributed by atoms with Gasteiger partial charge in [0, 0.05) is 17.4 Å². The van der Waals surface area contributed by atoms with Crippen LogP contribution in [0.15, 0.2) is 23.8 Å². The molecule has 1 saturated heterocycles. The highest BCUT2D eigenvalue weighted by atomic mass is 16.6. The van der Waals surface area contributed by atoms with Gasteiger partial charge in [-0.2, -0.15) is 0 Å². The Morgan fingerprint density at radius 1 is 1.35 bits per heavy atom. The lowest BCUT2D eigenvalue weighted by Gasteiger charge is -2.54. The van der Waals surface area contributed by atoms with Crippen molar-refractivity contribution >= 4 is 6.09 Å². The molecule has 1 N–H and O–H groups in total. The Morgan fingerprint density at radius 3 is 2.77 bits per heavy atom. The molecule has 1 heterocycles. The van der Waals surface area contributed by atoms with Crippen LogP contribution in [0.4, 0.5) is 4.79 Å². The van der Waals surface area contributed by atoms with Crippen molar-refractivity contribution in [1.82, 2.24) is 5.32 Å². The van der Waals surface area contributed by atoms with Crippen molar-refractivity contribution in [3.8, 4) is 0 Å². The summed E-state index contributed by atoms with van der Waals surface area (Å²) in [7, 11) is 0. The number of ether oxygens (including phenoxy) is 2. The largest absolute Gasteiger partial charge is 0.449 e. The Balaban J connectivity index is 1.66. The molecule has 0 unspecified atom stereocenters. The van der Waals surface area contributed by atoms with E-state index in [0.29, 0.717) is 31.0 Å². The van der Waals surface area contributed by atoms with E-state index in [0.717, 1.165) is 12.8 Å². The van der Waals surface area contributed by atoms with Crippen LogP contribution in [0.3, 0.4) is 0 Å². The fourth-order valence-corrected chi connectivity index (χ4v) is 5.32. The van der Waals surface area contributed by atoms with Gasteiger partial charge in [0.1, 0.15) is 6.61 Å². The third-order valence-electron chi connectivity index (χ3n) is 7.07. The van der Waals surface area contributed by atoms with Crippen molar-refractivity contribution in [2.24, 2.45) is 23.2 Å². The summed E-state index contributed by atoms with van der Waals surface area (Å²) in [6, 6.07) is 0.284. The van der Waals surface area contributed by atoms with Crippen molar-refractivity contribution in [1.29, 1.82) is 0 Å². The van der Waals surface area contributed by atoms with Crippen LogP contribution in [-0.2, 0) is 9.47 Å². The van der Waals surface area contributed by atoms with Gasteiger partial charge in [-0.15, -0.1) is 0 Å². The van der Waals surface area contributed by atoms with Crippen molar-refractivity contribution in [2.75, 3.05) is 13.2 Å². The standard InChI is InChI=1S/C22H35NO3/c1-5-9-19-20-15(2)12-16(3)22(13-25-19,17(20)4)14-26-21(24)23-18-10-7-6-8-11-18/h5,9,12,16-20H,6-8,10-11,13-14H2,1-4H3,(H,23,24)/b9-5+/t16-,17+,19+,20+,22+/m0/s1. The summed E-state index contributed by atoms with van der Waals surface area (Å²) in [6.07, 6.45) is 12.3. The number of rotatable bonds is 4. The fourth-order valence-electron chi connectivity index (χ4n) is 5.32. The minimum atomic E-state index is -0.260. The van der Waals surface area contributed by atoms with Crippen molar-refractivity contribution in [2.45, 2.75) is 71.9 Å². The molecule has 3 aliphatic rings. The number of hydrogen-bond donors (Lipinski definition) is 1. The lowest BCUT2D eigenvalue weighted by Crippen LogP contribution is -2.56. The molecule has 4 nitrogen and oxygen atoms in total. The number of nitrogens with one attached hydrogen (secondary N) is 1. The summed E-state index contributed by atoms with van der Waals surface area (Å²) in [5.41, 5.74) is 1.27. The van der Waals surface area contributed by atoms with Crippen LogP contribution in [0.2, 0.25) is 0 Å². The normalized spacial score (nSPS) is 38.1. The van der Waals surface area contributed by atoms with E-state index in [1.54, 1.807) is 0 Å². The predicted octanol–water partition coefficient (Wildman–Crippen LogP) is 4.85. The molecule has 0 radical (unpaired) electrons. The summed E-state index contributed by atoms with van der Waals surface area (Å²) in [5, 5.41) is 3.07. The Hall–Kier alpha value is -1.29. The summed E-state index contributed by atoms with van der Waals surface area (Å²) in [4.78, 5) is 12.4. The van der Waals surface area contributed by atoms with Gasteiger partial charge in [-0.05, 0) is 38.5 Å². The smallest absolute Gasteiger partial charge is 0.407 e. The van der Waals surface area contributed by atoms with Crippen molar-refractivity contribution in [3.05, 3.63) is 23.8 Å². The molecule has 4 heteroatoms. The lowest BCUT2D eigenvalue weighted by molar-refractivity contribution is -0.149. The Bertz CT molecular complexity index is 564. The first-order valence-electron chi connectivity index (χ1n) is 10.3. The zero-order valence-electron chi connectivity index (χ0n) is 16.8. The molecule has 0 aromatic rings. The van der Waals surface area contributed by atoms with E-state index in [1.807, 2.05) is 6.92 Å². The number of allylic oxidation sites excluding steroid dienone is 2. The molecule has 2 fully saturated rings. The van der Waals surface area contributed by atoms with E-state index in [9.17, 15) is 4.79 Å². The fraction of sp³-hybridized carbons (Fsp3) is 0.773. The summed E-state index contributed by atoms with van der Waals surface area (Å²) >= 11 is 0. The number of amides is 1. The van der Waals surface area contributed by atoms with E-state index in [2.05, 4.69) is 44.3 Å². The molecule has 1 amide bonds. The topological polar surface area (TPSA) is 47.6 Å². The van der Waals surface area contributed by atoms with E-state index in [-0.39, 0.29) is 23.7 Å². The molecule has 3 rings (SSSR count). The molecular weight excluding hydrogens is 326 g/mol. The van der Waals surface area contributed by atoms with Crippen LogP contribution < -0.4 is 5.32 Å². The molecule has 146 valence electrons. The maximum atomic E-state index is 12.4. The second-order valence-corrected chi connectivity index (χ2v) is 8.60. The minimum absolute atomic E-state index is 0.128. The van der Waals surface area contributed by atoms with E-state index < -0.39 is 0 Å². The van der Waals surface area contributed by atoms with E-state index in [1.165, 1.54) is 24.8 Å². The van der Waals surface area contributed by atoms with E-state index >= 15 is 0 Å². The average Bonchev–Trinajstić information content (AvgIpc) is 2.61. The molecule has 0 aromatic heterocycles. The molecule has 26 heavy (non-hydrogen) atoms. The van der Waals surface area contributed by atoms with Gasteiger partial charge < -0.3 is 14.8 Å². The molecule has 0 aromatic carbocycles. The SMILES string of the molecule is C/C=C/[C@H]1OC[C@]2(COC(=O)NC3CCCCC3)[C@H](C)[C@H]1C(C)=C[C@@H]2C. The van der Waals surface area contributed by atoms with Gasteiger partial charge in [0.2, 0.25) is 0 Å². The van der Waals surface area contributed by atoms with Crippen LogP contribution in [0.25, 0.3) is 0 Å². The zero-order valence-corrected chi connectivity index (χ0v) is 16.8. The first kappa shape index (κ1) is 19.5. The van der Waals surface area contributed by atoms with Gasteiger partial charge in [0.05, 0.1) is 12.7 Å². The number of carbonyl (C=O) groups excluding carboxylic acids is 1. The van der Waals surface area contributed by atoms with Crippen LogP contribution in [0.5, 0.6) is 0 Å². The molecule has 5 atom stereocenters. The summed E-state index contributed by atoms with van der Waals surface area (Å²) < 4.78 is 12.0. The first-order valence-corrected chi connectivity index (χ1v) is 10.3. The second kappa shape index (κ2) is 8.16. The quantitative estimate of drug-likeness (QED) is 0.728. The van der Waals surface area contributed by atoms with Gasteiger partial charge in [-0.3, -0.25) is 0 Å². The maximum absolute atomic E-state index is 12.4. The highest BCUT2D eigenvalue weighted by Crippen LogP contribution is 2.52. The van der Waals surface area contributed by atoms with E-state index in [4.69, 9.17) is 9.47 Å². The van der Waals surface area contributed by atoms with Gasteiger partial charge in [0.15, 0.2) is 0 Å². The summed E-state index contributed by atoms with van der Waals surface area (Å²) in [5.74, 6) is 1.11. The predicted molar refractivity (Wildman–Crippen MR) is 104 cm³/mol. The van der Waals surface area contributed by atoms with Crippen LogP contribution in [-0.4, -0.2) is 31.5 Å². The number of alkyl carbamates (subject to hydrolysis) is 1. The summed E-state index contributed by atoms with van der Waals surface area (Å²) in [6.45, 7) is 9.86. The van der Waals surface area contributed by atoms with Crippen molar-refractivity contribution < 1.29 is 14.3 Å². The highest BCUT2D eigenvalue weighted by Gasteiger charge is 2.53. The number of fused-ring (bicyclic) bond motifs is 2. The molecule has 1 aliphatic heterocycles. The molecule has 2 aliphatic carbocycles. The van der Waals surface area contributed by atoms with Gasteiger partial charge in [-0.25, -0.2) is 4.79 Å². The Kier molecular flexibility index (Phi) is 6.11. The van der Waals surface area contributed by atoms with Gasteiger partial charge in [0.25, 0.3) is 0 Å². The van der Waals surface area contributed by atoms with Crippen molar-refractivity contribution in [3.63, 3.8) is 0 Å². The third-order valence-corrected chi connectivity index (χ3v) is 7.07. The average molecular weight is 362 g/mol. The maximum Gasteiger partial charge on any atom is 0.407 e. The molecule has 1 saturated carbocycles.